The molecule has 2 N–H and O–H groups in total. The maximum absolute atomic E-state index is 13.4. The third-order valence-electron chi connectivity index (χ3n) is 3.60. The number of thiophene rings is 1. The lowest BCUT2D eigenvalue weighted by Crippen LogP contribution is -2.32. The largest absolute Gasteiger partial charge is 0.371 e. The van der Waals surface area contributed by atoms with Crippen LogP contribution in [0.15, 0.2) is 35.7 Å². The van der Waals surface area contributed by atoms with Crippen molar-refractivity contribution < 1.29 is 4.39 Å². The smallest absolute Gasteiger partial charge is 0.123 e. The lowest BCUT2D eigenvalue weighted by Gasteiger charge is -2.30. The molecule has 2 nitrogen and oxygen atoms in total. The second-order valence-electron chi connectivity index (χ2n) is 5.24. The number of halogens is 1. The van der Waals surface area contributed by atoms with E-state index in [2.05, 4.69) is 29.3 Å². The van der Waals surface area contributed by atoms with Crippen LogP contribution in [-0.2, 0) is 6.42 Å². The predicted octanol–water partition coefficient (Wildman–Crippen LogP) is 3.97. The molecule has 0 amide bonds. The molecule has 108 valence electrons. The Morgan fingerprint density at radius 2 is 2.05 bits per heavy atom. The van der Waals surface area contributed by atoms with E-state index in [0.717, 1.165) is 17.7 Å². The number of nitrogens with zero attached hydrogens (tertiary/aromatic N) is 1. The van der Waals surface area contributed by atoms with Crippen molar-refractivity contribution in [1.29, 1.82) is 0 Å². The zero-order valence-electron chi connectivity index (χ0n) is 12.1. The summed E-state index contributed by atoms with van der Waals surface area (Å²) in [6.45, 7) is 4.06. The van der Waals surface area contributed by atoms with Crippen LogP contribution in [0.4, 0.5) is 10.1 Å². The van der Waals surface area contributed by atoms with Gasteiger partial charge in [0.25, 0.3) is 0 Å². The van der Waals surface area contributed by atoms with Crippen LogP contribution in [-0.4, -0.2) is 13.1 Å². The van der Waals surface area contributed by atoms with Crippen molar-refractivity contribution in [2.24, 2.45) is 5.73 Å². The highest BCUT2D eigenvalue weighted by Gasteiger charge is 2.17. The van der Waals surface area contributed by atoms with E-state index in [1.54, 1.807) is 11.3 Å². The molecule has 0 aliphatic heterocycles. The van der Waals surface area contributed by atoms with Crippen molar-refractivity contribution >= 4 is 17.0 Å². The van der Waals surface area contributed by atoms with Crippen LogP contribution in [0.5, 0.6) is 0 Å². The summed E-state index contributed by atoms with van der Waals surface area (Å²) in [7, 11) is 2.04. The van der Waals surface area contributed by atoms with E-state index in [1.165, 1.54) is 17.0 Å². The van der Waals surface area contributed by atoms with Gasteiger partial charge in [-0.1, -0.05) is 6.07 Å². The van der Waals surface area contributed by atoms with Gasteiger partial charge in [-0.25, -0.2) is 4.39 Å². The molecule has 1 heterocycles. The molecule has 0 aliphatic rings. The average molecular weight is 292 g/mol. The molecule has 0 aliphatic carbocycles. The summed E-state index contributed by atoms with van der Waals surface area (Å²) in [6.07, 6.45) is 0.976. The number of hydrogen-bond donors (Lipinski definition) is 1. The molecule has 2 unspecified atom stereocenters. The lowest BCUT2D eigenvalue weighted by molar-refractivity contribution is 0.619. The van der Waals surface area contributed by atoms with Crippen molar-refractivity contribution in [2.75, 3.05) is 11.9 Å². The van der Waals surface area contributed by atoms with E-state index >= 15 is 0 Å². The first-order valence-corrected chi connectivity index (χ1v) is 7.67. The number of benzene rings is 1. The van der Waals surface area contributed by atoms with Gasteiger partial charge < -0.3 is 10.6 Å². The Morgan fingerprint density at radius 3 is 2.65 bits per heavy atom. The summed E-state index contributed by atoms with van der Waals surface area (Å²) in [5.41, 5.74) is 7.82. The minimum absolute atomic E-state index is 0.183. The van der Waals surface area contributed by atoms with Crippen molar-refractivity contribution in [3.8, 4) is 0 Å². The Morgan fingerprint density at radius 1 is 1.30 bits per heavy atom. The second kappa shape index (κ2) is 6.37. The van der Waals surface area contributed by atoms with Gasteiger partial charge >= 0.3 is 0 Å². The van der Waals surface area contributed by atoms with Gasteiger partial charge in [-0.15, -0.1) is 11.3 Å². The highest BCUT2D eigenvalue weighted by atomic mass is 32.1. The highest BCUT2D eigenvalue weighted by molar-refractivity contribution is 7.09. The SMILES string of the molecule is CC(N)c1cc(F)ccc1N(C)C(C)Cc1cccs1. The molecule has 1 aromatic carbocycles. The van der Waals surface area contributed by atoms with Crippen molar-refractivity contribution in [2.45, 2.75) is 32.4 Å². The summed E-state index contributed by atoms with van der Waals surface area (Å²) in [5.74, 6) is -0.236. The summed E-state index contributed by atoms with van der Waals surface area (Å²) in [6, 6.07) is 9.21. The summed E-state index contributed by atoms with van der Waals surface area (Å²) in [4.78, 5) is 3.53. The molecule has 0 saturated carbocycles. The fraction of sp³-hybridized carbons (Fsp3) is 0.375. The molecule has 0 radical (unpaired) electrons. The van der Waals surface area contributed by atoms with Crippen LogP contribution >= 0.6 is 11.3 Å². The fourth-order valence-electron chi connectivity index (χ4n) is 2.31. The standard InChI is InChI=1S/C16H21FN2S/c1-11(9-14-5-4-8-20-14)19(3)16-7-6-13(17)10-15(16)12(2)18/h4-8,10-12H,9,18H2,1-3H3. The number of likely N-dealkylation sites (N-methyl/N-ethyl adjacent to an activating group) is 1. The van der Waals surface area contributed by atoms with Crippen molar-refractivity contribution in [3.63, 3.8) is 0 Å². The zero-order valence-corrected chi connectivity index (χ0v) is 13.0. The van der Waals surface area contributed by atoms with Crippen LogP contribution < -0.4 is 10.6 Å². The Balaban J connectivity index is 2.21. The predicted molar refractivity (Wildman–Crippen MR) is 84.9 cm³/mol. The van der Waals surface area contributed by atoms with Gasteiger partial charge in [-0.3, -0.25) is 0 Å². The monoisotopic (exact) mass is 292 g/mol. The molecule has 2 atom stereocenters. The molecule has 0 saturated heterocycles. The summed E-state index contributed by atoms with van der Waals surface area (Å²) < 4.78 is 13.4. The maximum atomic E-state index is 13.4. The highest BCUT2D eigenvalue weighted by Crippen LogP contribution is 2.27. The average Bonchev–Trinajstić information content (AvgIpc) is 2.90. The Hall–Kier alpha value is -1.39. The molecule has 20 heavy (non-hydrogen) atoms. The van der Waals surface area contributed by atoms with Gasteiger partial charge in [0.15, 0.2) is 0 Å². The number of anilines is 1. The molecule has 2 aromatic rings. The second-order valence-corrected chi connectivity index (χ2v) is 6.27. The van der Waals surface area contributed by atoms with Crippen molar-refractivity contribution in [1.82, 2.24) is 0 Å². The maximum Gasteiger partial charge on any atom is 0.123 e. The molecule has 1 aromatic heterocycles. The van der Waals surface area contributed by atoms with Gasteiger partial charge in [0.05, 0.1) is 0 Å². The van der Waals surface area contributed by atoms with E-state index in [1.807, 2.05) is 20.0 Å². The van der Waals surface area contributed by atoms with E-state index in [9.17, 15) is 4.39 Å². The van der Waals surface area contributed by atoms with Crippen LogP contribution in [0.2, 0.25) is 0 Å². The molecular formula is C16H21FN2S. The van der Waals surface area contributed by atoms with Gasteiger partial charge in [0.1, 0.15) is 5.82 Å². The van der Waals surface area contributed by atoms with Gasteiger partial charge in [0.2, 0.25) is 0 Å². The quantitative estimate of drug-likeness (QED) is 0.903. The molecule has 0 bridgehead atoms. The molecular weight excluding hydrogens is 271 g/mol. The van der Waals surface area contributed by atoms with E-state index < -0.39 is 0 Å². The number of rotatable bonds is 5. The third-order valence-corrected chi connectivity index (χ3v) is 4.50. The van der Waals surface area contributed by atoms with Crippen LogP contribution in [0.1, 0.15) is 30.3 Å². The van der Waals surface area contributed by atoms with Crippen LogP contribution in [0.25, 0.3) is 0 Å². The minimum atomic E-state index is -0.236. The van der Waals surface area contributed by atoms with Gasteiger partial charge in [-0.2, -0.15) is 0 Å². The number of nitrogens with two attached hydrogens (primary N) is 1. The number of hydrogen-bond acceptors (Lipinski definition) is 3. The first-order chi connectivity index (χ1) is 9.49. The minimum Gasteiger partial charge on any atom is -0.371 e. The van der Waals surface area contributed by atoms with Crippen LogP contribution in [0.3, 0.4) is 0 Å². The Bertz CT molecular complexity index is 552. The normalized spacial score (nSPS) is 14.1. The first kappa shape index (κ1) is 15.0. The zero-order chi connectivity index (χ0) is 14.7. The fourth-order valence-corrected chi connectivity index (χ4v) is 3.13. The topological polar surface area (TPSA) is 29.3 Å². The lowest BCUT2D eigenvalue weighted by atomic mass is 10.0. The molecule has 4 heteroatoms. The van der Waals surface area contributed by atoms with Crippen molar-refractivity contribution in [3.05, 3.63) is 52.0 Å². The molecule has 0 spiro atoms. The molecule has 0 fully saturated rings. The van der Waals surface area contributed by atoms with E-state index in [4.69, 9.17) is 5.73 Å². The first-order valence-electron chi connectivity index (χ1n) is 6.79. The van der Waals surface area contributed by atoms with E-state index in [-0.39, 0.29) is 11.9 Å². The van der Waals surface area contributed by atoms with Gasteiger partial charge in [-0.05, 0) is 49.1 Å². The summed E-state index contributed by atoms with van der Waals surface area (Å²) >= 11 is 1.77. The molecule has 2 rings (SSSR count). The third kappa shape index (κ3) is 3.38. The Labute approximate surface area is 124 Å². The van der Waals surface area contributed by atoms with Crippen LogP contribution in [0, 0.1) is 5.82 Å². The summed E-state index contributed by atoms with van der Waals surface area (Å²) in [5, 5.41) is 2.09. The van der Waals surface area contributed by atoms with Gasteiger partial charge in [0, 0.05) is 36.1 Å². The Kier molecular flexibility index (Phi) is 4.78. The van der Waals surface area contributed by atoms with E-state index in [0.29, 0.717) is 6.04 Å².